The number of nitrogens with zero attached hydrogens (tertiary/aromatic N) is 1. The minimum atomic E-state index is -3.78. The normalized spacial score (nSPS) is 15.8. The predicted molar refractivity (Wildman–Crippen MR) is 145 cm³/mol. The molecule has 2 atom stereocenters. The topological polar surface area (TPSA) is 75.7 Å². The molecule has 7 heteroatoms. The van der Waals surface area contributed by atoms with Gasteiger partial charge in [-0.15, -0.1) is 0 Å². The Hall–Kier alpha value is -4.10. The summed E-state index contributed by atoms with van der Waals surface area (Å²) in [7, 11) is -3.78. The van der Waals surface area contributed by atoms with E-state index in [1.54, 1.807) is 36.4 Å². The van der Waals surface area contributed by atoms with Crippen molar-refractivity contribution in [3.63, 3.8) is 0 Å². The molecule has 0 fully saturated rings. The van der Waals surface area contributed by atoms with Gasteiger partial charge in [0.15, 0.2) is 6.10 Å². The molecule has 37 heavy (non-hydrogen) atoms. The van der Waals surface area contributed by atoms with Gasteiger partial charge >= 0.3 is 0 Å². The SMILES string of the molecule is Cc1ccccc1[C@H](NC(=O)[C@H]1CN(S(=O)(=O)Cc2ccccc2)c2ccccc2O1)c1ccccc1. The van der Waals surface area contributed by atoms with Crippen LogP contribution in [0.4, 0.5) is 5.69 Å². The fourth-order valence-corrected chi connectivity index (χ4v) is 6.18. The standard InChI is InChI=1S/C30H28N2O4S/c1-22-12-8-9-17-25(22)29(24-15-6-3-7-16-24)31-30(33)28-20-32(26-18-10-11-19-27(26)36-28)37(34,35)21-23-13-4-2-5-14-23/h2-19,28-29H,20-21H2,1H3,(H,31,33)/t28-,29-/m1/s1. The van der Waals surface area contributed by atoms with Gasteiger partial charge in [0.05, 0.1) is 24.0 Å². The number of rotatable bonds is 7. The number of nitrogens with one attached hydrogen (secondary N) is 1. The van der Waals surface area contributed by atoms with E-state index in [-0.39, 0.29) is 18.2 Å². The number of aryl methyl sites for hydroxylation is 1. The van der Waals surface area contributed by atoms with Crippen LogP contribution in [0, 0.1) is 6.92 Å². The fourth-order valence-electron chi connectivity index (χ4n) is 4.60. The molecule has 0 radical (unpaired) electrons. The van der Waals surface area contributed by atoms with Crippen LogP contribution in [0.5, 0.6) is 5.75 Å². The van der Waals surface area contributed by atoms with Gasteiger partial charge in [-0.25, -0.2) is 8.42 Å². The van der Waals surface area contributed by atoms with Crippen LogP contribution in [0.1, 0.15) is 28.3 Å². The highest BCUT2D eigenvalue weighted by molar-refractivity contribution is 7.92. The van der Waals surface area contributed by atoms with Crippen LogP contribution in [-0.4, -0.2) is 27.0 Å². The van der Waals surface area contributed by atoms with E-state index in [0.29, 0.717) is 17.0 Å². The third kappa shape index (κ3) is 5.37. The smallest absolute Gasteiger partial charge is 0.263 e. The molecular formula is C30H28N2O4S. The molecule has 4 aromatic carbocycles. The number of ether oxygens (including phenoxy) is 1. The number of hydrogen-bond acceptors (Lipinski definition) is 4. The second kappa shape index (κ2) is 10.5. The summed E-state index contributed by atoms with van der Waals surface area (Å²) in [5.41, 5.74) is 4.04. The minimum Gasteiger partial charge on any atom is -0.476 e. The number of para-hydroxylation sites is 2. The van der Waals surface area contributed by atoms with Gasteiger partial charge in [-0.2, -0.15) is 0 Å². The van der Waals surface area contributed by atoms with E-state index < -0.39 is 22.2 Å². The van der Waals surface area contributed by atoms with E-state index in [0.717, 1.165) is 16.7 Å². The number of hydrogen-bond donors (Lipinski definition) is 1. The van der Waals surface area contributed by atoms with E-state index in [2.05, 4.69) is 5.32 Å². The number of sulfonamides is 1. The summed E-state index contributed by atoms with van der Waals surface area (Å²) in [4.78, 5) is 13.6. The lowest BCUT2D eigenvalue weighted by atomic mass is 9.94. The molecule has 1 aliphatic heterocycles. The van der Waals surface area contributed by atoms with Crippen molar-refractivity contribution in [2.45, 2.75) is 24.8 Å². The first-order chi connectivity index (χ1) is 17.9. The van der Waals surface area contributed by atoms with Crippen LogP contribution in [0.15, 0.2) is 109 Å². The highest BCUT2D eigenvalue weighted by atomic mass is 32.2. The molecule has 0 saturated heterocycles. The molecule has 0 unspecified atom stereocenters. The molecule has 1 aliphatic rings. The number of fused-ring (bicyclic) bond motifs is 1. The summed E-state index contributed by atoms with van der Waals surface area (Å²) in [5.74, 6) is -0.198. The molecule has 0 aromatic heterocycles. The van der Waals surface area contributed by atoms with Gasteiger partial charge in [-0.3, -0.25) is 9.10 Å². The summed E-state index contributed by atoms with van der Waals surface area (Å²) in [6, 6.07) is 33.1. The Balaban J connectivity index is 1.45. The van der Waals surface area contributed by atoms with Gasteiger partial charge in [-0.1, -0.05) is 97.1 Å². The Morgan fingerprint density at radius 3 is 2.24 bits per heavy atom. The third-order valence-electron chi connectivity index (χ3n) is 6.47. The number of amides is 1. The molecule has 0 saturated carbocycles. The van der Waals surface area contributed by atoms with Crippen LogP contribution in [0.2, 0.25) is 0 Å². The van der Waals surface area contributed by atoms with Crippen LogP contribution in [-0.2, 0) is 20.6 Å². The quantitative estimate of drug-likeness (QED) is 0.378. The Labute approximate surface area is 217 Å². The van der Waals surface area contributed by atoms with Gasteiger partial charge in [0.1, 0.15) is 5.75 Å². The molecule has 1 heterocycles. The molecule has 188 valence electrons. The zero-order chi connectivity index (χ0) is 25.8. The van der Waals surface area contributed by atoms with Crippen molar-refractivity contribution in [1.82, 2.24) is 5.32 Å². The Morgan fingerprint density at radius 1 is 0.892 bits per heavy atom. The molecule has 5 rings (SSSR count). The highest BCUT2D eigenvalue weighted by Gasteiger charge is 2.37. The summed E-state index contributed by atoms with van der Waals surface area (Å²) < 4.78 is 34.4. The van der Waals surface area contributed by atoms with Crippen molar-refractivity contribution >= 4 is 21.6 Å². The van der Waals surface area contributed by atoms with E-state index in [4.69, 9.17) is 4.74 Å². The lowest BCUT2D eigenvalue weighted by molar-refractivity contribution is -0.128. The second-order valence-corrected chi connectivity index (χ2v) is 10.9. The Bertz CT molecular complexity index is 1490. The van der Waals surface area contributed by atoms with Gasteiger partial charge < -0.3 is 10.1 Å². The summed E-state index contributed by atoms with van der Waals surface area (Å²) in [6.45, 7) is 1.88. The third-order valence-corrected chi connectivity index (χ3v) is 8.19. The molecule has 0 spiro atoms. The van der Waals surface area contributed by atoms with E-state index in [9.17, 15) is 13.2 Å². The minimum absolute atomic E-state index is 0.118. The van der Waals surface area contributed by atoms with E-state index in [1.165, 1.54) is 4.31 Å². The van der Waals surface area contributed by atoms with Gasteiger partial charge in [0.2, 0.25) is 10.0 Å². The number of carbonyl (C=O) groups is 1. The average molecular weight is 513 g/mol. The molecule has 0 bridgehead atoms. The Morgan fingerprint density at radius 2 is 1.51 bits per heavy atom. The zero-order valence-electron chi connectivity index (χ0n) is 20.4. The van der Waals surface area contributed by atoms with Crippen molar-refractivity contribution in [2.24, 2.45) is 0 Å². The average Bonchev–Trinajstić information content (AvgIpc) is 2.92. The maximum atomic E-state index is 13.6. The molecule has 6 nitrogen and oxygen atoms in total. The van der Waals surface area contributed by atoms with E-state index >= 15 is 0 Å². The molecule has 1 N–H and O–H groups in total. The van der Waals surface area contributed by atoms with Crippen LogP contribution >= 0.6 is 0 Å². The van der Waals surface area contributed by atoms with Crippen LogP contribution < -0.4 is 14.4 Å². The van der Waals surface area contributed by atoms with Gasteiger partial charge in [-0.05, 0) is 41.3 Å². The van der Waals surface area contributed by atoms with Gasteiger partial charge in [0.25, 0.3) is 5.91 Å². The molecular weight excluding hydrogens is 484 g/mol. The summed E-state index contributed by atoms with van der Waals surface area (Å²) in [5, 5.41) is 3.13. The van der Waals surface area contributed by atoms with Crippen LogP contribution in [0.3, 0.4) is 0 Å². The summed E-state index contributed by atoms with van der Waals surface area (Å²) in [6.07, 6.45) is -1.02. The van der Waals surface area contributed by atoms with Crippen molar-refractivity contribution in [2.75, 3.05) is 10.8 Å². The first kappa shape index (κ1) is 24.6. The number of carbonyl (C=O) groups excluding carboxylic acids is 1. The van der Waals surface area contributed by atoms with Crippen molar-refractivity contribution < 1.29 is 17.9 Å². The molecule has 0 aliphatic carbocycles. The van der Waals surface area contributed by atoms with Crippen molar-refractivity contribution in [1.29, 1.82) is 0 Å². The van der Waals surface area contributed by atoms with E-state index in [1.807, 2.05) is 79.7 Å². The van der Waals surface area contributed by atoms with Crippen LogP contribution in [0.25, 0.3) is 0 Å². The second-order valence-electron chi connectivity index (χ2n) is 9.06. The largest absolute Gasteiger partial charge is 0.476 e. The van der Waals surface area contributed by atoms with Crippen molar-refractivity contribution in [3.05, 3.63) is 131 Å². The lowest BCUT2D eigenvalue weighted by Crippen LogP contribution is -2.51. The maximum absolute atomic E-state index is 13.6. The Kier molecular flexibility index (Phi) is 6.97. The fraction of sp³-hybridized carbons (Fsp3) is 0.167. The van der Waals surface area contributed by atoms with Gasteiger partial charge in [0, 0.05) is 0 Å². The zero-order valence-corrected chi connectivity index (χ0v) is 21.3. The predicted octanol–water partition coefficient (Wildman–Crippen LogP) is 5.00. The number of anilines is 1. The maximum Gasteiger partial charge on any atom is 0.263 e. The number of benzene rings is 4. The molecule has 1 amide bonds. The highest BCUT2D eigenvalue weighted by Crippen LogP contribution is 2.36. The lowest BCUT2D eigenvalue weighted by Gasteiger charge is -2.35. The monoisotopic (exact) mass is 512 g/mol. The van der Waals surface area contributed by atoms with Crippen molar-refractivity contribution in [3.8, 4) is 5.75 Å². The first-order valence-electron chi connectivity index (χ1n) is 12.1. The summed E-state index contributed by atoms with van der Waals surface area (Å²) >= 11 is 0. The molecule has 4 aromatic rings. The first-order valence-corrected chi connectivity index (χ1v) is 13.7.